The lowest BCUT2D eigenvalue weighted by atomic mass is 9.87. The first-order valence-electron chi connectivity index (χ1n) is 4.31. The van der Waals surface area contributed by atoms with Crippen LogP contribution in [-0.4, -0.2) is 35.5 Å². The summed E-state index contributed by atoms with van der Waals surface area (Å²) >= 11 is 0. The molecule has 0 saturated carbocycles. The Morgan fingerprint density at radius 2 is 2.17 bits per heavy atom. The van der Waals surface area contributed by atoms with Crippen molar-refractivity contribution >= 4 is 5.91 Å². The molecule has 0 aliphatic carbocycles. The van der Waals surface area contributed by atoms with Crippen LogP contribution in [0, 0.1) is 0 Å². The number of rotatable bonds is 3. The van der Waals surface area contributed by atoms with Crippen LogP contribution in [0.5, 0.6) is 0 Å². The highest BCUT2D eigenvalue weighted by atomic mass is 16.1. The molecule has 0 aromatic rings. The van der Waals surface area contributed by atoms with Gasteiger partial charge in [0.05, 0.1) is 6.04 Å². The molecule has 1 atom stereocenters. The van der Waals surface area contributed by atoms with E-state index >= 15 is 0 Å². The number of hydrogen-bond acceptors (Lipinski definition) is 3. The maximum absolute atomic E-state index is 10.8. The first kappa shape index (κ1) is 9.48. The summed E-state index contributed by atoms with van der Waals surface area (Å²) in [4.78, 5) is 12.8. The molecule has 0 aromatic carbocycles. The van der Waals surface area contributed by atoms with Crippen LogP contribution < -0.4 is 11.5 Å². The number of primary amides is 1. The highest BCUT2D eigenvalue weighted by Gasteiger charge is 2.41. The molecule has 0 spiro atoms. The second kappa shape index (κ2) is 3.03. The second-order valence-corrected chi connectivity index (χ2v) is 3.70. The van der Waals surface area contributed by atoms with Gasteiger partial charge in [0, 0.05) is 18.6 Å². The molecule has 1 saturated heterocycles. The fraction of sp³-hybridized carbons (Fsp3) is 0.875. The van der Waals surface area contributed by atoms with Crippen molar-refractivity contribution < 1.29 is 4.79 Å². The number of carbonyl (C=O) groups is 1. The van der Waals surface area contributed by atoms with Crippen molar-refractivity contribution in [2.45, 2.75) is 31.8 Å². The molecule has 4 heteroatoms. The smallest absolute Gasteiger partial charge is 0.234 e. The predicted octanol–water partition coefficient (Wildman–Crippen LogP) is -0.717. The monoisotopic (exact) mass is 171 g/mol. The first-order chi connectivity index (χ1) is 5.48. The fourth-order valence-electron chi connectivity index (χ4n) is 1.44. The minimum absolute atomic E-state index is 0.0797. The molecular weight excluding hydrogens is 154 g/mol. The zero-order valence-electron chi connectivity index (χ0n) is 7.71. The zero-order chi connectivity index (χ0) is 9.35. The van der Waals surface area contributed by atoms with Gasteiger partial charge in [-0.2, -0.15) is 0 Å². The predicted molar refractivity (Wildman–Crippen MR) is 47.4 cm³/mol. The number of amides is 1. The quantitative estimate of drug-likeness (QED) is 0.589. The summed E-state index contributed by atoms with van der Waals surface area (Å²) in [6.45, 7) is 5.45. The van der Waals surface area contributed by atoms with Gasteiger partial charge in [0.15, 0.2) is 0 Å². The van der Waals surface area contributed by atoms with Crippen molar-refractivity contribution in [3.8, 4) is 0 Å². The largest absolute Gasteiger partial charge is 0.368 e. The average molecular weight is 171 g/mol. The SMILES string of the molecule is CCC1(N)CN(C(C)C(N)=O)C1. The Labute approximate surface area is 72.9 Å². The van der Waals surface area contributed by atoms with E-state index in [2.05, 4.69) is 6.92 Å². The molecule has 1 aliphatic rings. The summed E-state index contributed by atoms with van der Waals surface area (Å²) in [5.74, 6) is -0.270. The van der Waals surface area contributed by atoms with Crippen LogP contribution in [0.2, 0.25) is 0 Å². The van der Waals surface area contributed by atoms with Crippen LogP contribution in [0.4, 0.5) is 0 Å². The lowest BCUT2D eigenvalue weighted by molar-refractivity contribution is -0.125. The Bertz CT molecular complexity index is 187. The van der Waals surface area contributed by atoms with E-state index in [0.29, 0.717) is 0 Å². The summed E-state index contributed by atoms with van der Waals surface area (Å²) in [5.41, 5.74) is 11.0. The highest BCUT2D eigenvalue weighted by Crippen LogP contribution is 2.23. The molecule has 1 fully saturated rings. The second-order valence-electron chi connectivity index (χ2n) is 3.70. The van der Waals surface area contributed by atoms with E-state index in [1.807, 2.05) is 11.8 Å². The maximum Gasteiger partial charge on any atom is 0.234 e. The van der Waals surface area contributed by atoms with Crippen LogP contribution in [0.3, 0.4) is 0 Å². The molecule has 1 aliphatic heterocycles. The average Bonchev–Trinajstić information content (AvgIpc) is 1.97. The molecule has 0 aromatic heterocycles. The van der Waals surface area contributed by atoms with Gasteiger partial charge in [0.25, 0.3) is 0 Å². The summed E-state index contributed by atoms with van der Waals surface area (Å²) in [6.07, 6.45) is 0.953. The van der Waals surface area contributed by atoms with Crippen molar-refractivity contribution in [2.24, 2.45) is 11.5 Å². The lowest BCUT2D eigenvalue weighted by Crippen LogP contribution is -2.70. The van der Waals surface area contributed by atoms with E-state index in [0.717, 1.165) is 19.5 Å². The van der Waals surface area contributed by atoms with E-state index in [9.17, 15) is 4.79 Å². The van der Waals surface area contributed by atoms with Crippen molar-refractivity contribution in [3.05, 3.63) is 0 Å². The topological polar surface area (TPSA) is 72.3 Å². The van der Waals surface area contributed by atoms with Crippen molar-refractivity contribution in [2.75, 3.05) is 13.1 Å². The standard InChI is InChI=1S/C8H17N3O/c1-3-8(10)4-11(5-8)6(2)7(9)12/h6H,3-5,10H2,1-2H3,(H2,9,12). The summed E-state index contributed by atoms with van der Waals surface area (Å²) in [7, 11) is 0. The number of nitrogens with zero attached hydrogens (tertiary/aromatic N) is 1. The Hall–Kier alpha value is -0.610. The molecule has 0 bridgehead atoms. The van der Waals surface area contributed by atoms with Gasteiger partial charge in [0.2, 0.25) is 5.91 Å². The van der Waals surface area contributed by atoms with E-state index in [4.69, 9.17) is 11.5 Å². The summed E-state index contributed by atoms with van der Waals surface area (Å²) < 4.78 is 0. The van der Waals surface area contributed by atoms with E-state index in [-0.39, 0.29) is 17.5 Å². The molecule has 1 unspecified atom stereocenters. The van der Waals surface area contributed by atoms with Gasteiger partial charge in [-0.05, 0) is 13.3 Å². The molecule has 12 heavy (non-hydrogen) atoms. The van der Waals surface area contributed by atoms with Crippen molar-refractivity contribution in [1.29, 1.82) is 0 Å². The van der Waals surface area contributed by atoms with Crippen LogP contribution in [0.1, 0.15) is 20.3 Å². The van der Waals surface area contributed by atoms with Gasteiger partial charge in [-0.25, -0.2) is 0 Å². The Kier molecular flexibility index (Phi) is 2.39. The van der Waals surface area contributed by atoms with Crippen LogP contribution in [0.25, 0.3) is 0 Å². The summed E-state index contributed by atoms with van der Waals surface area (Å²) in [6, 6.07) is -0.173. The Morgan fingerprint density at radius 3 is 2.50 bits per heavy atom. The minimum atomic E-state index is -0.270. The minimum Gasteiger partial charge on any atom is -0.368 e. The molecule has 4 N–H and O–H groups in total. The maximum atomic E-state index is 10.8. The van der Waals surface area contributed by atoms with Gasteiger partial charge in [-0.3, -0.25) is 9.69 Å². The lowest BCUT2D eigenvalue weighted by Gasteiger charge is -2.49. The van der Waals surface area contributed by atoms with Crippen molar-refractivity contribution in [3.63, 3.8) is 0 Å². The molecule has 70 valence electrons. The highest BCUT2D eigenvalue weighted by molar-refractivity contribution is 5.79. The van der Waals surface area contributed by atoms with Gasteiger partial charge in [-0.1, -0.05) is 6.92 Å². The van der Waals surface area contributed by atoms with E-state index in [1.165, 1.54) is 0 Å². The fourth-order valence-corrected chi connectivity index (χ4v) is 1.44. The normalized spacial score (nSPS) is 24.6. The third-order valence-electron chi connectivity index (χ3n) is 2.70. The Morgan fingerprint density at radius 1 is 1.67 bits per heavy atom. The molecule has 0 radical (unpaired) electrons. The van der Waals surface area contributed by atoms with Gasteiger partial charge in [0.1, 0.15) is 0 Å². The van der Waals surface area contributed by atoms with Gasteiger partial charge < -0.3 is 11.5 Å². The summed E-state index contributed by atoms with van der Waals surface area (Å²) in [5, 5.41) is 0. The Balaban J connectivity index is 2.39. The number of likely N-dealkylation sites (tertiary alicyclic amines) is 1. The molecule has 4 nitrogen and oxygen atoms in total. The third-order valence-corrected chi connectivity index (χ3v) is 2.70. The zero-order valence-corrected chi connectivity index (χ0v) is 7.71. The number of nitrogens with two attached hydrogens (primary N) is 2. The van der Waals surface area contributed by atoms with Crippen LogP contribution >= 0.6 is 0 Å². The van der Waals surface area contributed by atoms with Crippen LogP contribution in [-0.2, 0) is 4.79 Å². The molecule has 1 rings (SSSR count). The third kappa shape index (κ3) is 1.59. The molecule has 1 heterocycles. The van der Waals surface area contributed by atoms with E-state index < -0.39 is 0 Å². The molecule has 1 amide bonds. The van der Waals surface area contributed by atoms with Gasteiger partial charge >= 0.3 is 0 Å². The van der Waals surface area contributed by atoms with Crippen LogP contribution in [0.15, 0.2) is 0 Å². The number of hydrogen-bond donors (Lipinski definition) is 2. The first-order valence-corrected chi connectivity index (χ1v) is 4.31. The van der Waals surface area contributed by atoms with E-state index in [1.54, 1.807) is 0 Å². The van der Waals surface area contributed by atoms with Gasteiger partial charge in [-0.15, -0.1) is 0 Å². The molecular formula is C8H17N3O. The van der Waals surface area contributed by atoms with Crippen molar-refractivity contribution in [1.82, 2.24) is 4.90 Å². The number of carbonyl (C=O) groups excluding carboxylic acids is 1.